The molecule has 5 heteroatoms. The van der Waals surface area contributed by atoms with Crippen LogP contribution in [0.3, 0.4) is 0 Å². The molecule has 2 unspecified atom stereocenters. The van der Waals surface area contributed by atoms with Gasteiger partial charge >= 0.3 is 0 Å². The smallest absolute Gasteiger partial charge is 0.148 e. The maximum atomic E-state index is 11.0. The molecule has 2 atom stereocenters. The second kappa shape index (κ2) is 5.27. The summed E-state index contributed by atoms with van der Waals surface area (Å²) in [6, 6.07) is 0.296. The molecule has 4 nitrogen and oxygen atoms in total. The van der Waals surface area contributed by atoms with Crippen molar-refractivity contribution < 1.29 is 8.42 Å². The molecule has 1 rings (SSSR count). The molecule has 0 aromatic carbocycles. The van der Waals surface area contributed by atoms with Crippen LogP contribution in [0.5, 0.6) is 0 Å². The molecule has 0 bridgehead atoms. The maximum Gasteiger partial charge on any atom is 0.148 e. The fourth-order valence-corrected chi connectivity index (χ4v) is 2.65. The average Bonchev–Trinajstić information content (AvgIpc) is 2.15. The first-order valence-electron chi connectivity index (χ1n) is 5.58. The largest absolute Gasteiger partial charge is 0.327 e. The molecule has 0 spiro atoms. The first-order valence-corrected chi connectivity index (χ1v) is 7.64. The van der Waals surface area contributed by atoms with Gasteiger partial charge in [0.25, 0.3) is 0 Å². The Morgan fingerprint density at radius 2 is 2.13 bits per heavy atom. The minimum Gasteiger partial charge on any atom is -0.327 e. The quantitative estimate of drug-likeness (QED) is 0.749. The topological polar surface area (TPSA) is 63.4 Å². The lowest BCUT2D eigenvalue weighted by atomic mass is 9.91. The highest BCUT2D eigenvalue weighted by molar-refractivity contribution is 7.90. The van der Waals surface area contributed by atoms with E-state index in [1.165, 1.54) is 6.26 Å². The Hall–Kier alpha value is -0.130. The number of sulfone groups is 1. The van der Waals surface area contributed by atoms with Crippen LogP contribution in [-0.2, 0) is 9.84 Å². The fraction of sp³-hybridized carbons (Fsp3) is 1.00. The second-order valence-electron chi connectivity index (χ2n) is 4.55. The van der Waals surface area contributed by atoms with E-state index < -0.39 is 9.84 Å². The Morgan fingerprint density at radius 1 is 1.47 bits per heavy atom. The average molecular weight is 234 g/mol. The number of hydrogen-bond acceptors (Lipinski definition) is 4. The molecule has 1 aliphatic rings. The van der Waals surface area contributed by atoms with E-state index >= 15 is 0 Å². The van der Waals surface area contributed by atoms with Gasteiger partial charge in [-0.1, -0.05) is 13.3 Å². The summed E-state index contributed by atoms with van der Waals surface area (Å²) in [5.41, 5.74) is 5.99. The van der Waals surface area contributed by atoms with Gasteiger partial charge in [-0.2, -0.15) is 0 Å². The van der Waals surface area contributed by atoms with Crippen LogP contribution in [-0.4, -0.2) is 51.0 Å². The number of nitrogens with zero attached hydrogens (tertiary/aromatic N) is 1. The SMILES string of the molecule is CCC1CN(CCS(C)(=O)=O)CCC1N. The van der Waals surface area contributed by atoms with Gasteiger partial charge in [-0.15, -0.1) is 0 Å². The first kappa shape index (κ1) is 12.9. The summed E-state index contributed by atoms with van der Waals surface area (Å²) in [5.74, 6) is 0.789. The van der Waals surface area contributed by atoms with Crippen LogP contribution < -0.4 is 5.73 Å². The van der Waals surface area contributed by atoms with Gasteiger partial charge in [0.2, 0.25) is 0 Å². The van der Waals surface area contributed by atoms with Crippen LogP contribution in [0.4, 0.5) is 0 Å². The molecular formula is C10H22N2O2S. The normalized spacial score (nSPS) is 29.3. The molecule has 2 N–H and O–H groups in total. The molecule has 1 fully saturated rings. The summed E-state index contributed by atoms with van der Waals surface area (Å²) < 4.78 is 22.1. The molecule has 0 amide bonds. The molecule has 0 aromatic rings. The standard InChI is InChI=1S/C10H22N2O2S/c1-3-9-8-12(5-4-10(9)11)6-7-15(2,13)14/h9-10H,3-8,11H2,1-2H3. The number of rotatable bonds is 4. The van der Waals surface area contributed by atoms with Crippen LogP contribution in [0.15, 0.2) is 0 Å². The van der Waals surface area contributed by atoms with Gasteiger partial charge in [0.1, 0.15) is 9.84 Å². The number of piperidine rings is 1. The maximum absolute atomic E-state index is 11.0. The van der Waals surface area contributed by atoms with Crippen molar-refractivity contribution in [2.24, 2.45) is 11.7 Å². The Morgan fingerprint density at radius 3 is 2.67 bits per heavy atom. The number of nitrogens with two attached hydrogens (primary N) is 1. The molecular weight excluding hydrogens is 212 g/mol. The number of likely N-dealkylation sites (tertiary alicyclic amines) is 1. The lowest BCUT2D eigenvalue weighted by Crippen LogP contribution is -2.47. The van der Waals surface area contributed by atoms with E-state index in [0.717, 1.165) is 25.9 Å². The van der Waals surface area contributed by atoms with Gasteiger partial charge in [-0.05, 0) is 18.9 Å². The van der Waals surface area contributed by atoms with E-state index in [9.17, 15) is 8.42 Å². The van der Waals surface area contributed by atoms with Crippen molar-refractivity contribution in [3.8, 4) is 0 Å². The predicted octanol–water partition coefficient (Wildman–Crippen LogP) is 0.0902. The second-order valence-corrected chi connectivity index (χ2v) is 6.81. The van der Waals surface area contributed by atoms with E-state index in [2.05, 4.69) is 11.8 Å². The summed E-state index contributed by atoms with van der Waals surface area (Å²) in [6.07, 6.45) is 3.36. The van der Waals surface area contributed by atoms with E-state index in [0.29, 0.717) is 18.5 Å². The van der Waals surface area contributed by atoms with Gasteiger partial charge in [0, 0.05) is 25.4 Å². The summed E-state index contributed by atoms with van der Waals surface area (Å²) in [5, 5.41) is 0. The third-order valence-corrected chi connectivity index (χ3v) is 4.10. The minimum atomic E-state index is -2.83. The zero-order valence-electron chi connectivity index (χ0n) is 9.65. The molecule has 0 saturated carbocycles. The van der Waals surface area contributed by atoms with Gasteiger partial charge in [0.15, 0.2) is 0 Å². The van der Waals surface area contributed by atoms with Crippen LogP contribution in [0.25, 0.3) is 0 Å². The van der Waals surface area contributed by atoms with Crippen LogP contribution in [0.1, 0.15) is 19.8 Å². The lowest BCUT2D eigenvalue weighted by molar-refractivity contribution is 0.159. The summed E-state index contributed by atoms with van der Waals surface area (Å²) in [4.78, 5) is 2.22. The Kier molecular flexibility index (Phi) is 4.55. The molecule has 0 aromatic heterocycles. The predicted molar refractivity (Wildman–Crippen MR) is 62.5 cm³/mol. The van der Waals surface area contributed by atoms with Crippen molar-refractivity contribution >= 4 is 9.84 Å². The van der Waals surface area contributed by atoms with Crippen LogP contribution in [0.2, 0.25) is 0 Å². The van der Waals surface area contributed by atoms with Gasteiger partial charge in [-0.25, -0.2) is 8.42 Å². The van der Waals surface area contributed by atoms with E-state index in [4.69, 9.17) is 5.73 Å². The van der Waals surface area contributed by atoms with Crippen LogP contribution >= 0.6 is 0 Å². The van der Waals surface area contributed by atoms with E-state index in [-0.39, 0.29) is 5.75 Å². The van der Waals surface area contributed by atoms with Crippen molar-refractivity contribution in [3.05, 3.63) is 0 Å². The zero-order chi connectivity index (χ0) is 11.5. The molecule has 1 aliphatic heterocycles. The Labute approximate surface area is 92.7 Å². The molecule has 0 radical (unpaired) electrons. The molecule has 0 aliphatic carbocycles. The zero-order valence-corrected chi connectivity index (χ0v) is 10.5. The van der Waals surface area contributed by atoms with Crippen LogP contribution in [0, 0.1) is 5.92 Å². The van der Waals surface area contributed by atoms with Crippen molar-refractivity contribution in [3.63, 3.8) is 0 Å². The fourth-order valence-electron chi connectivity index (χ4n) is 2.06. The third kappa shape index (κ3) is 4.49. The molecule has 1 heterocycles. The Balaban J connectivity index is 2.38. The van der Waals surface area contributed by atoms with E-state index in [1.807, 2.05) is 0 Å². The summed E-state index contributed by atoms with van der Waals surface area (Å²) in [6.45, 7) is 4.69. The highest BCUT2D eigenvalue weighted by atomic mass is 32.2. The molecule has 15 heavy (non-hydrogen) atoms. The molecule has 90 valence electrons. The van der Waals surface area contributed by atoms with Gasteiger partial charge < -0.3 is 10.6 Å². The third-order valence-electron chi connectivity index (χ3n) is 3.18. The molecule has 1 saturated heterocycles. The minimum absolute atomic E-state index is 0.263. The van der Waals surface area contributed by atoms with Gasteiger partial charge in [-0.3, -0.25) is 0 Å². The monoisotopic (exact) mass is 234 g/mol. The highest BCUT2D eigenvalue weighted by Gasteiger charge is 2.25. The summed E-state index contributed by atoms with van der Waals surface area (Å²) >= 11 is 0. The highest BCUT2D eigenvalue weighted by Crippen LogP contribution is 2.18. The number of hydrogen-bond donors (Lipinski definition) is 1. The first-order chi connectivity index (χ1) is 6.92. The van der Waals surface area contributed by atoms with Crippen molar-refractivity contribution in [1.29, 1.82) is 0 Å². The van der Waals surface area contributed by atoms with Crippen molar-refractivity contribution in [2.45, 2.75) is 25.8 Å². The van der Waals surface area contributed by atoms with Crippen molar-refractivity contribution in [2.75, 3.05) is 31.6 Å². The van der Waals surface area contributed by atoms with E-state index in [1.54, 1.807) is 0 Å². The lowest BCUT2D eigenvalue weighted by Gasteiger charge is -2.36. The Bertz CT molecular complexity index is 290. The van der Waals surface area contributed by atoms with Crippen molar-refractivity contribution in [1.82, 2.24) is 4.90 Å². The summed E-state index contributed by atoms with van der Waals surface area (Å²) in [7, 11) is -2.83. The van der Waals surface area contributed by atoms with Gasteiger partial charge in [0.05, 0.1) is 5.75 Å².